The average molecular weight is 259 g/mol. The van der Waals surface area contributed by atoms with E-state index in [1.807, 2.05) is 0 Å². The average Bonchev–Trinajstić information content (AvgIpc) is 2.78. The monoisotopic (exact) mass is 258 g/mol. The lowest BCUT2D eigenvalue weighted by Crippen LogP contribution is -2.12. The standard InChI is InChI=1S/C14H17ClF2/c15-14(11-3-1-2-4-11)6-5-10-7-12(16)9-13(17)8-10/h7-9,11,14H,1-6H2. The Morgan fingerprint density at radius 1 is 1.12 bits per heavy atom. The van der Waals surface area contributed by atoms with E-state index in [0.717, 1.165) is 12.5 Å². The summed E-state index contributed by atoms with van der Waals surface area (Å²) in [5.74, 6) is -0.422. The topological polar surface area (TPSA) is 0 Å². The van der Waals surface area contributed by atoms with E-state index >= 15 is 0 Å². The van der Waals surface area contributed by atoms with E-state index in [1.54, 1.807) is 0 Å². The molecule has 0 saturated heterocycles. The van der Waals surface area contributed by atoms with Gasteiger partial charge in [-0.1, -0.05) is 12.8 Å². The molecule has 0 bridgehead atoms. The number of benzene rings is 1. The first-order chi connectivity index (χ1) is 8.15. The van der Waals surface area contributed by atoms with Crippen molar-refractivity contribution >= 4 is 11.6 Å². The normalized spacial score (nSPS) is 18.5. The summed E-state index contributed by atoms with van der Waals surface area (Å²) in [4.78, 5) is 0. The molecule has 1 aliphatic carbocycles. The summed E-state index contributed by atoms with van der Waals surface area (Å²) in [7, 11) is 0. The summed E-state index contributed by atoms with van der Waals surface area (Å²) in [6.07, 6.45) is 6.39. The molecule has 0 radical (unpaired) electrons. The second-order valence-corrected chi connectivity index (χ2v) is 5.44. The van der Waals surface area contributed by atoms with Gasteiger partial charge in [-0.3, -0.25) is 0 Å². The van der Waals surface area contributed by atoms with Crippen molar-refractivity contribution in [2.24, 2.45) is 5.92 Å². The molecule has 3 heteroatoms. The van der Waals surface area contributed by atoms with Crippen LogP contribution in [0.3, 0.4) is 0 Å². The SMILES string of the molecule is Fc1cc(F)cc(CCC(Cl)C2CCCC2)c1. The Kier molecular flexibility index (Phi) is 4.38. The van der Waals surface area contributed by atoms with E-state index in [1.165, 1.54) is 37.8 Å². The zero-order valence-electron chi connectivity index (χ0n) is 9.76. The molecular formula is C14H17ClF2. The number of alkyl halides is 1. The predicted octanol–water partition coefficient (Wildman–Crippen LogP) is 4.70. The zero-order valence-corrected chi connectivity index (χ0v) is 10.5. The van der Waals surface area contributed by atoms with Crippen molar-refractivity contribution in [3.8, 4) is 0 Å². The third-order valence-electron chi connectivity index (χ3n) is 3.54. The van der Waals surface area contributed by atoms with Crippen molar-refractivity contribution in [3.63, 3.8) is 0 Å². The van der Waals surface area contributed by atoms with Crippen LogP contribution in [0.15, 0.2) is 18.2 Å². The van der Waals surface area contributed by atoms with Crippen LogP contribution in [0.25, 0.3) is 0 Å². The maximum absolute atomic E-state index is 13.0. The van der Waals surface area contributed by atoms with Crippen molar-refractivity contribution in [2.75, 3.05) is 0 Å². The Hall–Kier alpha value is -0.630. The quantitative estimate of drug-likeness (QED) is 0.687. The maximum Gasteiger partial charge on any atom is 0.126 e. The van der Waals surface area contributed by atoms with Gasteiger partial charge in [-0.05, 0) is 49.3 Å². The van der Waals surface area contributed by atoms with Gasteiger partial charge in [-0.2, -0.15) is 0 Å². The van der Waals surface area contributed by atoms with Crippen LogP contribution in [0.5, 0.6) is 0 Å². The van der Waals surface area contributed by atoms with E-state index in [2.05, 4.69) is 0 Å². The molecule has 0 aliphatic heterocycles. The number of rotatable bonds is 4. The minimum atomic E-state index is -0.507. The van der Waals surface area contributed by atoms with Gasteiger partial charge in [-0.15, -0.1) is 11.6 Å². The van der Waals surface area contributed by atoms with Gasteiger partial charge in [-0.25, -0.2) is 8.78 Å². The summed E-state index contributed by atoms with van der Waals surface area (Å²) in [5, 5.41) is 0.142. The Morgan fingerprint density at radius 3 is 2.29 bits per heavy atom. The lowest BCUT2D eigenvalue weighted by atomic mass is 9.97. The number of halogens is 3. The molecule has 1 aromatic rings. The third kappa shape index (κ3) is 3.67. The van der Waals surface area contributed by atoms with Crippen LogP contribution < -0.4 is 0 Å². The smallest absolute Gasteiger partial charge is 0.126 e. The fraction of sp³-hybridized carbons (Fsp3) is 0.571. The molecule has 0 N–H and O–H groups in total. The first-order valence-corrected chi connectivity index (χ1v) is 6.68. The van der Waals surface area contributed by atoms with Gasteiger partial charge in [0.15, 0.2) is 0 Å². The van der Waals surface area contributed by atoms with E-state index in [4.69, 9.17) is 11.6 Å². The molecule has 17 heavy (non-hydrogen) atoms. The highest BCUT2D eigenvalue weighted by atomic mass is 35.5. The molecule has 94 valence electrons. The molecule has 0 aromatic heterocycles. The predicted molar refractivity (Wildman–Crippen MR) is 66.3 cm³/mol. The Balaban J connectivity index is 1.88. The van der Waals surface area contributed by atoms with Crippen molar-refractivity contribution < 1.29 is 8.78 Å². The van der Waals surface area contributed by atoms with Crippen LogP contribution in [0.1, 0.15) is 37.7 Å². The molecule has 1 atom stereocenters. The van der Waals surface area contributed by atoms with Gasteiger partial charge in [0.1, 0.15) is 11.6 Å². The van der Waals surface area contributed by atoms with E-state index in [-0.39, 0.29) is 5.38 Å². The lowest BCUT2D eigenvalue weighted by molar-refractivity contribution is 0.491. The number of aryl methyl sites for hydroxylation is 1. The van der Waals surface area contributed by atoms with E-state index in [9.17, 15) is 8.78 Å². The first-order valence-electron chi connectivity index (χ1n) is 6.24. The summed E-state index contributed by atoms with van der Waals surface area (Å²) in [6.45, 7) is 0. The minimum Gasteiger partial charge on any atom is -0.207 e. The zero-order chi connectivity index (χ0) is 12.3. The fourth-order valence-electron chi connectivity index (χ4n) is 2.61. The Labute approximate surface area is 106 Å². The molecule has 1 unspecified atom stereocenters. The van der Waals surface area contributed by atoms with Crippen LogP contribution in [0.2, 0.25) is 0 Å². The van der Waals surface area contributed by atoms with E-state index < -0.39 is 11.6 Å². The molecule has 0 nitrogen and oxygen atoms in total. The number of hydrogen-bond acceptors (Lipinski definition) is 0. The molecule has 1 aromatic carbocycles. The van der Waals surface area contributed by atoms with Gasteiger partial charge in [0.25, 0.3) is 0 Å². The van der Waals surface area contributed by atoms with Crippen LogP contribution in [0, 0.1) is 17.6 Å². The molecule has 0 heterocycles. The molecule has 2 rings (SSSR count). The second-order valence-electron chi connectivity index (χ2n) is 4.88. The molecule has 0 spiro atoms. The molecule has 1 fully saturated rings. The van der Waals surface area contributed by atoms with Crippen LogP contribution in [-0.4, -0.2) is 5.38 Å². The summed E-state index contributed by atoms with van der Waals surface area (Å²) >= 11 is 6.33. The Bertz CT molecular complexity index is 352. The first kappa shape index (κ1) is 12.8. The highest BCUT2D eigenvalue weighted by Crippen LogP contribution is 2.32. The largest absolute Gasteiger partial charge is 0.207 e. The molecule has 1 aliphatic rings. The van der Waals surface area contributed by atoms with Gasteiger partial charge >= 0.3 is 0 Å². The number of hydrogen-bond donors (Lipinski definition) is 0. The van der Waals surface area contributed by atoms with Crippen LogP contribution >= 0.6 is 11.6 Å². The fourth-order valence-corrected chi connectivity index (χ4v) is 2.98. The van der Waals surface area contributed by atoms with Crippen molar-refractivity contribution in [1.82, 2.24) is 0 Å². The van der Waals surface area contributed by atoms with Crippen molar-refractivity contribution in [3.05, 3.63) is 35.4 Å². The highest BCUT2D eigenvalue weighted by Gasteiger charge is 2.22. The van der Waals surface area contributed by atoms with Gasteiger partial charge in [0.2, 0.25) is 0 Å². The maximum atomic E-state index is 13.0. The van der Waals surface area contributed by atoms with Gasteiger partial charge < -0.3 is 0 Å². The van der Waals surface area contributed by atoms with Crippen molar-refractivity contribution in [2.45, 2.75) is 43.9 Å². The highest BCUT2D eigenvalue weighted by molar-refractivity contribution is 6.20. The third-order valence-corrected chi connectivity index (χ3v) is 4.12. The van der Waals surface area contributed by atoms with E-state index in [0.29, 0.717) is 17.9 Å². The van der Waals surface area contributed by atoms with Crippen LogP contribution in [0.4, 0.5) is 8.78 Å². The second kappa shape index (κ2) is 5.81. The Morgan fingerprint density at radius 2 is 1.71 bits per heavy atom. The van der Waals surface area contributed by atoms with Gasteiger partial charge in [0, 0.05) is 11.4 Å². The molecular weight excluding hydrogens is 242 g/mol. The summed E-state index contributed by atoms with van der Waals surface area (Å²) < 4.78 is 26.0. The summed E-state index contributed by atoms with van der Waals surface area (Å²) in [5.41, 5.74) is 0.700. The van der Waals surface area contributed by atoms with Crippen LogP contribution in [-0.2, 0) is 6.42 Å². The molecule has 1 saturated carbocycles. The lowest BCUT2D eigenvalue weighted by Gasteiger charge is -2.16. The van der Waals surface area contributed by atoms with Crippen molar-refractivity contribution in [1.29, 1.82) is 0 Å². The van der Waals surface area contributed by atoms with Gasteiger partial charge in [0.05, 0.1) is 0 Å². The minimum absolute atomic E-state index is 0.142. The summed E-state index contributed by atoms with van der Waals surface area (Å²) in [6, 6.07) is 3.68. The molecule has 0 amide bonds.